The topological polar surface area (TPSA) is 71.3 Å². The highest BCUT2D eigenvalue weighted by molar-refractivity contribution is 7.99. The summed E-state index contributed by atoms with van der Waals surface area (Å²) < 4.78 is 2.08. The third kappa shape index (κ3) is 5.93. The fourth-order valence-electron chi connectivity index (χ4n) is 4.34. The van der Waals surface area contributed by atoms with E-state index in [9.17, 15) is 9.59 Å². The predicted molar refractivity (Wildman–Crippen MR) is 139 cm³/mol. The summed E-state index contributed by atoms with van der Waals surface area (Å²) in [5, 5.41) is 9.76. The molecule has 0 radical (unpaired) electrons. The molecule has 184 valence electrons. The molecule has 0 aliphatic carbocycles. The van der Waals surface area contributed by atoms with Crippen LogP contribution in [0.1, 0.15) is 33.6 Å². The highest BCUT2D eigenvalue weighted by Crippen LogP contribution is 2.28. The highest BCUT2D eigenvalue weighted by atomic mass is 32.2. The molecule has 2 amide bonds. The average molecular weight is 492 g/mol. The number of aromatic nitrogens is 3. The minimum absolute atomic E-state index is 0.0166. The van der Waals surface area contributed by atoms with Crippen LogP contribution in [0.4, 0.5) is 0 Å². The molecule has 4 rings (SSSR count). The maximum atomic E-state index is 12.8. The SMILES string of the molecule is CC(C)C(=O)N1CCN(C(=O)CCCSc2nnc(-c3ccccc3)n2-c2ccccc2)CC1C. The quantitative estimate of drug-likeness (QED) is 0.342. The van der Waals surface area contributed by atoms with E-state index < -0.39 is 0 Å². The van der Waals surface area contributed by atoms with Gasteiger partial charge in [-0.2, -0.15) is 0 Å². The monoisotopic (exact) mass is 491 g/mol. The lowest BCUT2D eigenvalue weighted by Crippen LogP contribution is -2.56. The van der Waals surface area contributed by atoms with Gasteiger partial charge in [0.05, 0.1) is 0 Å². The molecule has 1 unspecified atom stereocenters. The van der Waals surface area contributed by atoms with Crippen LogP contribution in [-0.4, -0.2) is 67.8 Å². The van der Waals surface area contributed by atoms with Gasteiger partial charge in [-0.25, -0.2) is 0 Å². The molecule has 0 N–H and O–H groups in total. The van der Waals surface area contributed by atoms with E-state index in [0.717, 1.165) is 34.4 Å². The lowest BCUT2D eigenvalue weighted by Gasteiger charge is -2.40. The lowest BCUT2D eigenvalue weighted by molar-refractivity contribution is -0.144. The summed E-state index contributed by atoms with van der Waals surface area (Å²) in [6, 6.07) is 20.2. The van der Waals surface area contributed by atoms with Gasteiger partial charge in [-0.05, 0) is 25.5 Å². The zero-order chi connectivity index (χ0) is 24.8. The number of rotatable bonds is 8. The number of thioether (sulfide) groups is 1. The molecule has 0 spiro atoms. The van der Waals surface area contributed by atoms with Crippen molar-refractivity contribution in [1.82, 2.24) is 24.6 Å². The van der Waals surface area contributed by atoms with Gasteiger partial charge in [-0.1, -0.05) is 74.1 Å². The van der Waals surface area contributed by atoms with Gasteiger partial charge in [0.2, 0.25) is 11.8 Å². The van der Waals surface area contributed by atoms with Crippen LogP contribution in [0.25, 0.3) is 17.1 Å². The summed E-state index contributed by atoms with van der Waals surface area (Å²) >= 11 is 1.62. The van der Waals surface area contributed by atoms with Crippen LogP contribution in [-0.2, 0) is 9.59 Å². The van der Waals surface area contributed by atoms with Crippen molar-refractivity contribution in [3.63, 3.8) is 0 Å². The smallest absolute Gasteiger partial charge is 0.225 e. The molecule has 1 fully saturated rings. The van der Waals surface area contributed by atoms with Crippen molar-refractivity contribution in [3.05, 3.63) is 60.7 Å². The van der Waals surface area contributed by atoms with Crippen LogP contribution in [0, 0.1) is 5.92 Å². The average Bonchev–Trinajstić information content (AvgIpc) is 3.31. The lowest BCUT2D eigenvalue weighted by atomic mass is 10.1. The number of piperazine rings is 1. The molecule has 0 bridgehead atoms. The number of hydrogen-bond donors (Lipinski definition) is 0. The van der Waals surface area contributed by atoms with Crippen molar-refractivity contribution in [2.75, 3.05) is 25.4 Å². The van der Waals surface area contributed by atoms with Crippen molar-refractivity contribution >= 4 is 23.6 Å². The summed E-state index contributed by atoms with van der Waals surface area (Å²) in [7, 11) is 0. The number of nitrogens with zero attached hydrogens (tertiary/aromatic N) is 5. The molecule has 7 nitrogen and oxygen atoms in total. The van der Waals surface area contributed by atoms with Crippen LogP contribution >= 0.6 is 11.8 Å². The molecule has 2 heterocycles. The number of amides is 2. The molecule has 1 saturated heterocycles. The van der Waals surface area contributed by atoms with Crippen molar-refractivity contribution in [3.8, 4) is 17.1 Å². The second-order valence-electron chi connectivity index (χ2n) is 9.17. The number of hydrogen-bond acceptors (Lipinski definition) is 5. The molecule has 0 saturated carbocycles. The minimum Gasteiger partial charge on any atom is -0.339 e. The van der Waals surface area contributed by atoms with Crippen LogP contribution in [0.2, 0.25) is 0 Å². The van der Waals surface area contributed by atoms with Gasteiger partial charge in [0.1, 0.15) is 0 Å². The second-order valence-corrected chi connectivity index (χ2v) is 10.2. The number of carbonyl (C=O) groups excluding carboxylic acids is 2. The Morgan fingerprint density at radius 1 is 1.00 bits per heavy atom. The van der Waals surface area contributed by atoms with Gasteiger partial charge in [0.15, 0.2) is 11.0 Å². The van der Waals surface area contributed by atoms with E-state index in [4.69, 9.17) is 0 Å². The molecular weight excluding hydrogens is 458 g/mol. The second kappa shape index (κ2) is 11.5. The molecular formula is C27H33N5O2S. The molecule has 3 aromatic rings. The summed E-state index contributed by atoms with van der Waals surface area (Å²) in [6.07, 6.45) is 1.24. The van der Waals surface area contributed by atoms with Gasteiger partial charge in [-0.15, -0.1) is 10.2 Å². The molecule has 1 aromatic heterocycles. The van der Waals surface area contributed by atoms with Gasteiger partial charge in [0, 0.05) is 55.0 Å². The maximum Gasteiger partial charge on any atom is 0.225 e. The van der Waals surface area contributed by atoms with Crippen LogP contribution in [0.3, 0.4) is 0 Å². The molecule has 35 heavy (non-hydrogen) atoms. The van der Waals surface area contributed by atoms with E-state index in [0.29, 0.717) is 26.1 Å². The normalized spacial score (nSPS) is 16.1. The number of para-hydroxylation sites is 1. The Morgan fingerprint density at radius 3 is 2.34 bits per heavy atom. The molecule has 2 aromatic carbocycles. The first-order valence-electron chi connectivity index (χ1n) is 12.2. The zero-order valence-electron chi connectivity index (χ0n) is 20.6. The van der Waals surface area contributed by atoms with Crippen molar-refractivity contribution < 1.29 is 9.59 Å². The standard InChI is InChI=1S/C27H33N5O2S/c1-20(2)26(34)31-17-16-30(19-21(31)3)24(33)15-10-18-35-27-29-28-25(22-11-6-4-7-12-22)32(27)23-13-8-5-9-14-23/h4-9,11-14,20-21H,10,15-19H2,1-3H3. The van der Waals surface area contributed by atoms with E-state index in [-0.39, 0.29) is 23.8 Å². The van der Waals surface area contributed by atoms with E-state index >= 15 is 0 Å². The van der Waals surface area contributed by atoms with Gasteiger partial charge < -0.3 is 9.80 Å². The Morgan fingerprint density at radius 2 is 1.69 bits per heavy atom. The summed E-state index contributed by atoms with van der Waals surface area (Å²) in [5.41, 5.74) is 2.02. The number of benzene rings is 2. The Kier molecular flexibility index (Phi) is 8.23. The molecule has 8 heteroatoms. The maximum absolute atomic E-state index is 12.8. The van der Waals surface area contributed by atoms with Crippen LogP contribution in [0.5, 0.6) is 0 Å². The van der Waals surface area contributed by atoms with E-state index in [2.05, 4.69) is 14.8 Å². The summed E-state index contributed by atoms with van der Waals surface area (Å²) in [5.74, 6) is 1.88. The first-order chi connectivity index (χ1) is 17.0. The zero-order valence-corrected chi connectivity index (χ0v) is 21.4. The van der Waals surface area contributed by atoms with E-state index in [1.54, 1.807) is 11.8 Å². The largest absolute Gasteiger partial charge is 0.339 e. The Balaban J connectivity index is 1.35. The van der Waals surface area contributed by atoms with E-state index in [1.165, 1.54) is 0 Å². The van der Waals surface area contributed by atoms with Gasteiger partial charge >= 0.3 is 0 Å². The van der Waals surface area contributed by atoms with E-state index in [1.807, 2.05) is 91.2 Å². The predicted octanol–water partition coefficient (Wildman–Crippen LogP) is 4.52. The van der Waals surface area contributed by atoms with Gasteiger partial charge in [-0.3, -0.25) is 14.2 Å². The molecule has 1 aliphatic heterocycles. The van der Waals surface area contributed by atoms with Crippen molar-refractivity contribution in [2.45, 2.75) is 44.8 Å². The fourth-order valence-corrected chi connectivity index (χ4v) is 5.23. The minimum atomic E-state index is -0.0166. The van der Waals surface area contributed by atoms with Crippen molar-refractivity contribution in [1.29, 1.82) is 0 Å². The van der Waals surface area contributed by atoms with Gasteiger partial charge in [0.25, 0.3) is 0 Å². The number of carbonyl (C=O) groups is 2. The summed E-state index contributed by atoms with van der Waals surface area (Å²) in [6.45, 7) is 7.69. The fraction of sp³-hybridized carbons (Fsp3) is 0.407. The summed E-state index contributed by atoms with van der Waals surface area (Å²) in [4.78, 5) is 29.0. The Labute approximate surface area is 211 Å². The third-order valence-corrected chi connectivity index (χ3v) is 7.22. The Bertz CT molecular complexity index is 1130. The first kappa shape index (κ1) is 25.0. The highest BCUT2D eigenvalue weighted by Gasteiger charge is 2.30. The molecule has 1 atom stereocenters. The van der Waals surface area contributed by atoms with Crippen LogP contribution in [0.15, 0.2) is 65.8 Å². The molecule has 1 aliphatic rings. The van der Waals surface area contributed by atoms with Crippen molar-refractivity contribution in [2.24, 2.45) is 5.92 Å². The Hall–Kier alpha value is -3.13. The van der Waals surface area contributed by atoms with Crippen LogP contribution < -0.4 is 0 Å². The third-order valence-electron chi connectivity index (χ3n) is 6.20. The first-order valence-corrected chi connectivity index (χ1v) is 13.2.